The first-order chi connectivity index (χ1) is 12.1. The third kappa shape index (κ3) is 4.21. The highest BCUT2D eigenvalue weighted by Gasteiger charge is 2.38. The summed E-state index contributed by atoms with van der Waals surface area (Å²) in [5, 5.41) is 7.75. The standard InChI is InChI=1S/C19H28ClN3O2/c1-13-10-16(13)23-18(21-2)22-12-19(6-8-25-9-7-19)15-11-14(20)4-5-17(15)24-3/h4-5,11,13,16H,6-10,12H2,1-3H3,(H2,21,22,23). The van der Waals surface area contributed by atoms with Crippen LogP contribution in [0.5, 0.6) is 5.75 Å². The SMILES string of the molecule is CN=C(NCC1(c2cc(Cl)ccc2OC)CCOCC1)NC1CC1C. The number of halogens is 1. The van der Waals surface area contributed by atoms with Crippen LogP contribution < -0.4 is 15.4 Å². The molecule has 138 valence electrons. The Morgan fingerprint density at radius 2 is 2.12 bits per heavy atom. The molecule has 1 aliphatic carbocycles. The van der Waals surface area contributed by atoms with Gasteiger partial charge in [-0.3, -0.25) is 4.99 Å². The van der Waals surface area contributed by atoms with Crippen LogP contribution >= 0.6 is 11.6 Å². The van der Waals surface area contributed by atoms with Crippen molar-refractivity contribution in [1.29, 1.82) is 0 Å². The summed E-state index contributed by atoms with van der Waals surface area (Å²) in [4.78, 5) is 4.38. The van der Waals surface area contributed by atoms with Gasteiger partial charge >= 0.3 is 0 Å². The lowest BCUT2D eigenvalue weighted by molar-refractivity contribution is 0.0505. The maximum absolute atomic E-state index is 6.29. The zero-order valence-electron chi connectivity index (χ0n) is 15.3. The van der Waals surface area contributed by atoms with Crippen LogP contribution in [0.2, 0.25) is 5.02 Å². The van der Waals surface area contributed by atoms with Gasteiger partial charge in [0.1, 0.15) is 5.75 Å². The van der Waals surface area contributed by atoms with Crippen LogP contribution in [0.1, 0.15) is 31.7 Å². The maximum atomic E-state index is 6.29. The Bertz CT molecular complexity index is 629. The molecule has 0 aromatic heterocycles. The molecule has 3 rings (SSSR count). The quantitative estimate of drug-likeness (QED) is 0.622. The number of guanidine groups is 1. The lowest BCUT2D eigenvalue weighted by atomic mass is 9.73. The molecule has 0 spiro atoms. The van der Waals surface area contributed by atoms with Crippen molar-refractivity contribution in [3.05, 3.63) is 28.8 Å². The number of benzene rings is 1. The molecule has 2 N–H and O–H groups in total. The Balaban J connectivity index is 1.80. The third-order valence-electron chi connectivity index (χ3n) is 5.43. The third-order valence-corrected chi connectivity index (χ3v) is 5.67. The van der Waals surface area contributed by atoms with Gasteiger partial charge in [-0.1, -0.05) is 18.5 Å². The summed E-state index contributed by atoms with van der Waals surface area (Å²) in [5.41, 5.74) is 1.06. The zero-order chi connectivity index (χ0) is 17.9. The normalized spacial score (nSPS) is 25.4. The van der Waals surface area contributed by atoms with Crippen LogP contribution in [0, 0.1) is 5.92 Å². The average molecular weight is 366 g/mol. The van der Waals surface area contributed by atoms with Crippen LogP contribution in [0.15, 0.2) is 23.2 Å². The second-order valence-electron chi connectivity index (χ2n) is 7.13. The molecular weight excluding hydrogens is 338 g/mol. The first-order valence-electron chi connectivity index (χ1n) is 8.97. The Morgan fingerprint density at radius 3 is 2.72 bits per heavy atom. The van der Waals surface area contributed by atoms with Crippen LogP contribution in [-0.2, 0) is 10.2 Å². The van der Waals surface area contributed by atoms with Gasteiger partial charge in [0.25, 0.3) is 0 Å². The van der Waals surface area contributed by atoms with E-state index in [0.717, 1.165) is 60.8 Å². The molecule has 1 aromatic rings. The average Bonchev–Trinajstić information content (AvgIpc) is 3.34. The first-order valence-corrected chi connectivity index (χ1v) is 9.35. The van der Waals surface area contributed by atoms with Gasteiger partial charge in [-0.05, 0) is 43.4 Å². The molecule has 0 radical (unpaired) electrons. The van der Waals surface area contributed by atoms with Crippen molar-refractivity contribution >= 4 is 17.6 Å². The highest BCUT2D eigenvalue weighted by molar-refractivity contribution is 6.30. The molecule has 2 aliphatic rings. The highest BCUT2D eigenvalue weighted by Crippen LogP contribution is 2.40. The van der Waals surface area contributed by atoms with Crippen LogP contribution in [-0.4, -0.2) is 45.9 Å². The van der Waals surface area contributed by atoms with Gasteiger partial charge in [-0.2, -0.15) is 0 Å². The first kappa shape index (κ1) is 18.3. The van der Waals surface area contributed by atoms with Gasteiger partial charge in [-0.25, -0.2) is 0 Å². The number of hydrogen-bond donors (Lipinski definition) is 2. The molecule has 2 fully saturated rings. The number of hydrogen-bond acceptors (Lipinski definition) is 3. The second kappa shape index (κ2) is 7.83. The van der Waals surface area contributed by atoms with E-state index >= 15 is 0 Å². The molecule has 25 heavy (non-hydrogen) atoms. The fourth-order valence-electron chi connectivity index (χ4n) is 3.54. The minimum absolute atomic E-state index is 0.0821. The summed E-state index contributed by atoms with van der Waals surface area (Å²) in [6.45, 7) is 4.50. The molecule has 1 saturated carbocycles. The number of aliphatic imine (C=N–C) groups is 1. The number of methoxy groups -OCH3 is 1. The Hall–Kier alpha value is -1.46. The Kier molecular flexibility index (Phi) is 5.74. The van der Waals surface area contributed by atoms with Gasteiger partial charge in [0, 0.05) is 48.8 Å². The minimum Gasteiger partial charge on any atom is -0.496 e. The topological polar surface area (TPSA) is 54.9 Å². The van der Waals surface area contributed by atoms with E-state index < -0.39 is 0 Å². The van der Waals surface area contributed by atoms with Crippen molar-refractivity contribution < 1.29 is 9.47 Å². The Morgan fingerprint density at radius 1 is 1.40 bits per heavy atom. The fourth-order valence-corrected chi connectivity index (χ4v) is 3.72. The molecule has 6 heteroatoms. The van der Waals surface area contributed by atoms with Crippen LogP contribution in [0.25, 0.3) is 0 Å². The van der Waals surface area contributed by atoms with Crippen molar-refractivity contribution in [2.75, 3.05) is 33.9 Å². The van der Waals surface area contributed by atoms with E-state index in [1.54, 1.807) is 7.11 Å². The predicted octanol–water partition coefficient (Wildman–Crippen LogP) is 2.97. The Labute approximate surface area is 155 Å². The fraction of sp³-hybridized carbons (Fsp3) is 0.632. The highest BCUT2D eigenvalue weighted by atomic mass is 35.5. The van der Waals surface area contributed by atoms with E-state index in [9.17, 15) is 0 Å². The zero-order valence-corrected chi connectivity index (χ0v) is 16.0. The molecule has 1 aliphatic heterocycles. The molecule has 0 bridgehead atoms. The molecular formula is C19H28ClN3O2. The summed E-state index contributed by atoms with van der Waals surface area (Å²) >= 11 is 6.29. The van der Waals surface area contributed by atoms with Crippen molar-refractivity contribution in [3.8, 4) is 5.75 Å². The van der Waals surface area contributed by atoms with E-state index in [0.29, 0.717) is 6.04 Å². The number of nitrogens with one attached hydrogen (secondary N) is 2. The summed E-state index contributed by atoms with van der Waals surface area (Å²) in [7, 11) is 3.53. The van der Waals surface area contributed by atoms with E-state index in [4.69, 9.17) is 21.1 Å². The molecule has 5 nitrogen and oxygen atoms in total. The summed E-state index contributed by atoms with van der Waals surface area (Å²) in [5.74, 6) is 2.47. The monoisotopic (exact) mass is 365 g/mol. The summed E-state index contributed by atoms with van der Waals surface area (Å²) in [6, 6.07) is 6.40. The van der Waals surface area contributed by atoms with Crippen molar-refractivity contribution in [3.63, 3.8) is 0 Å². The van der Waals surface area contributed by atoms with E-state index in [2.05, 4.69) is 22.5 Å². The van der Waals surface area contributed by atoms with E-state index in [1.807, 2.05) is 25.2 Å². The van der Waals surface area contributed by atoms with Gasteiger partial charge < -0.3 is 20.1 Å². The molecule has 1 heterocycles. The molecule has 2 unspecified atom stereocenters. The lowest BCUT2D eigenvalue weighted by Crippen LogP contribution is -2.48. The van der Waals surface area contributed by atoms with Crippen molar-refractivity contribution in [2.45, 2.75) is 37.6 Å². The van der Waals surface area contributed by atoms with E-state index in [-0.39, 0.29) is 5.41 Å². The van der Waals surface area contributed by atoms with Crippen molar-refractivity contribution in [1.82, 2.24) is 10.6 Å². The number of rotatable bonds is 5. The molecule has 1 saturated heterocycles. The maximum Gasteiger partial charge on any atom is 0.191 e. The van der Waals surface area contributed by atoms with Gasteiger partial charge in [0.15, 0.2) is 5.96 Å². The van der Waals surface area contributed by atoms with Crippen LogP contribution in [0.4, 0.5) is 0 Å². The smallest absolute Gasteiger partial charge is 0.191 e. The summed E-state index contributed by atoms with van der Waals surface area (Å²) in [6.07, 6.45) is 3.06. The molecule has 0 amide bonds. The van der Waals surface area contributed by atoms with Gasteiger partial charge in [0.05, 0.1) is 7.11 Å². The van der Waals surface area contributed by atoms with E-state index in [1.165, 1.54) is 6.42 Å². The predicted molar refractivity (Wildman–Crippen MR) is 102 cm³/mol. The lowest BCUT2D eigenvalue weighted by Gasteiger charge is -2.39. The summed E-state index contributed by atoms with van der Waals surface area (Å²) < 4.78 is 11.3. The minimum atomic E-state index is -0.0821. The second-order valence-corrected chi connectivity index (χ2v) is 7.56. The number of nitrogens with zero attached hydrogens (tertiary/aromatic N) is 1. The van der Waals surface area contributed by atoms with Gasteiger partial charge in [-0.15, -0.1) is 0 Å². The van der Waals surface area contributed by atoms with Crippen molar-refractivity contribution in [2.24, 2.45) is 10.9 Å². The van der Waals surface area contributed by atoms with Crippen LogP contribution in [0.3, 0.4) is 0 Å². The largest absolute Gasteiger partial charge is 0.496 e. The number of ether oxygens (including phenoxy) is 2. The molecule has 2 atom stereocenters. The molecule has 1 aromatic carbocycles. The van der Waals surface area contributed by atoms with Gasteiger partial charge in [0.2, 0.25) is 0 Å².